The van der Waals surface area contributed by atoms with Crippen molar-refractivity contribution in [2.24, 2.45) is 0 Å². The molecule has 0 saturated heterocycles. The second-order valence-electron chi connectivity index (χ2n) is 3.18. The van der Waals surface area contributed by atoms with Gasteiger partial charge in [-0.25, -0.2) is 4.98 Å². The molecule has 1 aromatic rings. The summed E-state index contributed by atoms with van der Waals surface area (Å²) in [5.74, 6) is 1.46. The second-order valence-corrected chi connectivity index (χ2v) is 3.18. The van der Waals surface area contributed by atoms with E-state index in [1.54, 1.807) is 6.20 Å². The van der Waals surface area contributed by atoms with E-state index in [2.05, 4.69) is 18.8 Å². The summed E-state index contributed by atoms with van der Waals surface area (Å²) in [5, 5.41) is 0. The lowest BCUT2D eigenvalue weighted by atomic mass is 10.2. The number of imidazole rings is 1. The van der Waals surface area contributed by atoms with E-state index in [9.17, 15) is 4.39 Å². The number of rotatable bonds is 4. The second kappa shape index (κ2) is 4.24. The molecule has 0 aromatic carbocycles. The smallest absolute Gasteiger partial charge is 0.111 e. The molecule has 2 nitrogen and oxygen atoms in total. The first-order chi connectivity index (χ1) is 5.75. The van der Waals surface area contributed by atoms with Gasteiger partial charge < -0.3 is 4.57 Å². The van der Waals surface area contributed by atoms with E-state index < -0.39 is 0 Å². The Kier molecular flexibility index (Phi) is 3.26. The van der Waals surface area contributed by atoms with Crippen molar-refractivity contribution in [3.8, 4) is 0 Å². The van der Waals surface area contributed by atoms with Gasteiger partial charge in [-0.2, -0.15) is 0 Å². The van der Waals surface area contributed by atoms with Crippen LogP contribution in [0.2, 0.25) is 0 Å². The summed E-state index contributed by atoms with van der Waals surface area (Å²) in [6.07, 6.45) is 4.26. The molecule has 0 amide bonds. The van der Waals surface area contributed by atoms with Gasteiger partial charge in [-0.3, -0.25) is 4.39 Å². The fraction of sp³-hybridized carbons (Fsp3) is 0.667. The van der Waals surface area contributed by atoms with E-state index in [0.717, 1.165) is 12.4 Å². The van der Waals surface area contributed by atoms with Gasteiger partial charge in [0.15, 0.2) is 0 Å². The van der Waals surface area contributed by atoms with Gasteiger partial charge in [-0.1, -0.05) is 13.8 Å². The standard InChI is InChI=1S/C9H15FN2/c1-8(2)9-11-5-7-12(9)6-3-4-10/h5,7-8H,3-4,6H2,1-2H3. The van der Waals surface area contributed by atoms with E-state index in [4.69, 9.17) is 0 Å². The zero-order valence-electron chi connectivity index (χ0n) is 7.63. The third kappa shape index (κ3) is 2.06. The van der Waals surface area contributed by atoms with Gasteiger partial charge in [0.05, 0.1) is 6.67 Å². The number of hydrogen-bond acceptors (Lipinski definition) is 1. The highest BCUT2D eigenvalue weighted by molar-refractivity contribution is 4.97. The topological polar surface area (TPSA) is 17.8 Å². The zero-order valence-corrected chi connectivity index (χ0v) is 7.63. The Morgan fingerprint density at radius 1 is 1.58 bits per heavy atom. The maximum absolute atomic E-state index is 11.9. The van der Waals surface area contributed by atoms with Crippen LogP contribution in [-0.4, -0.2) is 16.2 Å². The quantitative estimate of drug-likeness (QED) is 0.678. The van der Waals surface area contributed by atoms with E-state index in [0.29, 0.717) is 12.3 Å². The van der Waals surface area contributed by atoms with Crippen molar-refractivity contribution in [3.05, 3.63) is 18.2 Å². The number of halogens is 1. The molecule has 0 aliphatic heterocycles. The van der Waals surface area contributed by atoms with Gasteiger partial charge in [0.2, 0.25) is 0 Å². The van der Waals surface area contributed by atoms with Crippen LogP contribution >= 0.6 is 0 Å². The van der Waals surface area contributed by atoms with Crippen molar-refractivity contribution in [1.82, 2.24) is 9.55 Å². The predicted octanol–water partition coefficient (Wildman–Crippen LogP) is 2.37. The first-order valence-electron chi connectivity index (χ1n) is 4.32. The maximum Gasteiger partial charge on any atom is 0.111 e. The summed E-state index contributed by atoms with van der Waals surface area (Å²) in [6, 6.07) is 0. The maximum atomic E-state index is 11.9. The van der Waals surface area contributed by atoms with E-state index >= 15 is 0 Å². The van der Waals surface area contributed by atoms with Crippen LogP contribution in [0.25, 0.3) is 0 Å². The van der Waals surface area contributed by atoms with Crippen LogP contribution < -0.4 is 0 Å². The number of alkyl halides is 1. The average molecular weight is 170 g/mol. The highest BCUT2D eigenvalue weighted by Crippen LogP contribution is 2.11. The van der Waals surface area contributed by atoms with Crippen LogP contribution in [-0.2, 0) is 6.54 Å². The summed E-state index contributed by atoms with van der Waals surface area (Å²) < 4.78 is 13.9. The third-order valence-corrected chi connectivity index (χ3v) is 1.80. The number of aromatic nitrogens is 2. The normalized spacial score (nSPS) is 11.0. The monoisotopic (exact) mass is 170 g/mol. The largest absolute Gasteiger partial charge is 0.335 e. The van der Waals surface area contributed by atoms with Crippen LogP contribution in [0.15, 0.2) is 12.4 Å². The van der Waals surface area contributed by atoms with Gasteiger partial charge in [0.25, 0.3) is 0 Å². The molecule has 0 spiro atoms. The molecule has 0 bridgehead atoms. The highest BCUT2D eigenvalue weighted by atomic mass is 19.1. The lowest BCUT2D eigenvalue weighted by Crippen LogP contribution is -2.05. The molecule has 0 saturated carbocycles. The molecule has 3 heteroatoms. The SMILES string of the molecule is CC(C)c1nccn1CCCF. The fourth-order valence-electron chi connectivity index (χ4n) is 1.24. The number of hydrogen-bond donors (Lipinski definition) is 0. The Morgan fingerprint density at radius 3 is 2.92 bits per heavy atom. The summed E-state index contributed by atoms with van der Waals surface area (Å²) in [5.41, 5.74) is 0. The highest BCUT2D eigenvalue weighted by Gasteiger charge is 2.05. The van der Waals surface area contributed by atoms with Crippen LogP contribution in [0.3, 0.4) is 0 Å². The molecular formula is C9H15FN2. The van der Waals surface area contributed by atoms with Crippen molar-refractivity contribution in [2.75, 3.05) is 6.67 Å². The molecule has 0 unspecified atom stereocenters. The summed E-state index contributed by atoms with van der Waals surface area (Å²) in [7, 11) is 0. The minimum atomic E-state index is -0.254. The first kappa shape index (κ1) is 9.23. The van der Waals surface area contributed by atoms with Crippen molar-refractivity contribution in [3.63, 3.8) is 0 Å². The zero-order chi connectivity index (χ0) is 8.97. The lowest BCUT2D eigenvalue weighted by Gasteiger charge is -2.08. The van der Waals surface area contributed by atoms with Crippen LogP contribution in [0.4, 0.5) is 4.39 Å². The van der Waals surface area contributed by atoms with Gasteiger partial charge in [0.1, 0.15) is 5.82 Å². The Morgan fingerprint density at radius 2 is 2.33 bits per heavy atom. The number of nitrogens with zero attached hydrogens (tertiary/aromatic N) is 2. The van der Waals surface area contributed by atoms with Crippen LogP contribution in [0.5, 0.6) is 0 Å². The molecule has 0 aliphatic rings. The summed E-state index contributed by atoms with van der Waals surface area (Å²) in [4.78, 5) is 4.21. The van der Waals surface area contributed by atoms with Crippen LogP contribution in [0, 0.1) is 0 Å². The molecule has 0 aliphatic carbocycles. The van der Waals surface area contributed by atoms with Crippen molar-refractivity contribution >= 4 is 0 Å². The lowest BCUT2D eigenvalue weighted by molar-refractivity contribution is 0.440. The minimum absolute atomic E-state index is 0.254. The van der Waals surface area contributed by atoms with Crippen LogP contribution in [0.1, 0.15) is 32.0 Å². The van der Waals surface area contributed by atoms with Crippen molar-refractivity contribution < 1.29 is 4.39 Å². The summed E-state index contributed by atoms with van der Waals surface area (Å²) >= 11 is 0. The Labute approximate surface area is 72.4 Å². The third-order valence-electron chi connectivity index (χ3n) is 1.80. The average Bonchev–Trinajstić information content (AvgIpc) is 2.48. The molecule has 1 heterocycles. The van der Waals surface area contributed by atoms with Gasteiger partial charge in [-0.15, -0.1) is 0 Å². The molecule has 0 N–H and O–H groups in total. The van der Waals surface area contributed by atoms with Crippen molar-refractivity contribution in [1.29, 1.82) is 0 Å². The molecule has 12 heavy (non-hydrogen) atoms. The van der Waals surface area contributed by atoms with Gasteiger partial charge >= 0.3 is 0 Å². The molecule has 1 rings (SSSR count). The van der Waals surface area contributed by atoms with Gasteiger partial charge in [0, 0.05) is 24.9 Å². The predicted molar refractivity (Wildman–Crippen MR) is 46.9 cm³/mol. The van der Waals surface area contributed by atoms with E-state index in [-0.39, 0.29) is 6.67 Å². The first-order valence-corrected chi connectivity index (χ1v) is 4.32. The molecular weight excluding hydrogens is 155 g/mol. The van der Waals surface area contributed by atoms with E-state index in [1.807, 2.05) is 10.8 Å². The molecule has 0 radical (unpaired) electrons. The fourth-order valence-corrected chi connectivity index (χ4v) is 1.24. The van der Waals surface area contributed by atoms with Crippen molar-refractivity contribution in [2.45, 2.75) is 32.7 Å². The molecule has 68 valence electrons. The minimum Gasteiger partial charge on any atom is -0.335 e. The van der Waals surface area contributed by atoms with E-state index in [1.165, 1.54) is 0 Å². The summed E-state index contributed by atoms with van der Waals surface area (Å²) in [6.45, 7) is 4.67. The Bertz CT molecular complexity index is 230. The molecule has 1 aromatic heterocycles. The van der Waals surface area contributed by atoms with Gasteiger partial charge in [-0.05, 0) is 6.42 Å². The number of aryl methyl sites for hydroxylation is 1. The Balaban J connectivity index is 2.64. The Hall–Kier alpha value is -0.860. The molecule has 0 fully saturated rings. The molecule has 0 atom stereocenters.